The van der Waals surface area contributed by atoms with Gasteiger partial charge in [0.05, 0.1) is 12.7 Å². The van der Waals surface area contributed by atoms with Gasteiger partial charge in [0.1, 0.15) is 0 Å². The predicted molar refractivity (Wildman–Crippen MR) is 44.8 cm³/mol. The molecule has 2 unspecified atom stereocenters. The summed E-state index contributed by atoms with van der Waals surface area (Å²) in [7, 11) is -4.48. The highest BCUT2D eigenvalue weighted by molar-refractivity contribution is 7.80. The molecule has 8 heteroatoms. The van der Waals surface area contributed by atoms with Gasteiger partial charge in [-0.3, -0.25) is 4.55 Å². The second-order valence-electron chi connectivity index (χ2n) is 2.61. The second kappa shape index (κ2) is 5.47. The lowest BCUT2D eigenvalue weighted by Gasteiger charge is -2.19. The van der Waals surface area contributed by atoms with Crippen LogP contribution in [0.3, 0.4) is 0 Å². The molecule has 0 saturated carbocycles. The first-order valence-electron chi connectivity index (χ1n) is 3.58. The van der Waals surface area contributed by atoms with E-state index in [0.717, 1.165) is 0 Å². The van der Waals surface area contributed by atoms with E-state index >= 15 is 0 Å². The normalized spacial score (nSPS) is 16.9. The zero-order chi connectivity index (χ0) is 10.5. The highest BCUT2D eigenvalue weighted by Gasteiger charge is 2.22. The first-order valence-corrected chi connectivity index (χ1v) is 4.94. The van der Waals surface area contributed by atoms with Gasteiger partial charge in [0.2, 0.25) is 0 Å². The first-order chi connectivity index (χ1) is 5.90. The molecule has 13 heavy (non-hydrogen) atoms. The van der Waals surface area contributed by atoms with Crippen LogP contribution in [-0.4, -0.2) is 32.2 Å². The maximum absolute atomic E-state index is 10.3. The lowest BCUT2D eigenvalue weighted by Crippen LogP contribution is -2.35. The van der Waals surface area contributed by atoms with E-state index in [4.69, 9.17) is 16.2 Å². The quantitative estimate of drug-likeness (QED) is 0.369. The third kappa shape index (κ3) is 5.91. The van der Waals surface area contributed by atoms with Crippen molar-refractivity contribution in [2.24, 2.45) is 17.5 Å². The molecule has 0 radical (unpaired) electrons. The van der Waals surface area contributed by atoms with Crippen LogP contribution in [0.4, 0.5) is 0 Å². The van der Waals surface area contributed by atoms with Gasteiger partial charge < -0.3 is 10.6 Å². The van der Waals surface area contributed by atoms with Crippen LogP contribution >= 0.6 is 0 Å². The standard InChI is InChI=1S/C5H14N2O5S/c1-4(3-11-7)5(2-6)12-13(8,9)10/h4-5H,2-3,6-7H2,1H3,(H,8,9,10). The Hall–Kier alpha value is -0.250. The van der Waals surface area contributed by atoms with Crippen molar-refractivity contribution in [2.75, 3.05) is 13.2 Å². The van der Waals surface area contributed by atoms with Crippen molar-refractivity contribution in [3.05, 3.63) is 0 Å². The van der Waals surface area contributed by atoms with Gasteiger partial charge in [0, 0.05) is 12.5 Å². The fourth-order valence-corrected chi connectivity index (χ4v) is 1.36. The second-order valence-corrected chi connectivity index (χ2v) is 3.66. The van der Waals surface area contributed by atoms with Gasteiger partial charge in [-0.1, -0.05) is 6.92 Å². The first kappa shape index (κ1) is 12.8. The van der Waals surface area contributed by atoms with E-state index in [1.54, 1.807) is 6.92 Å². The number of nitrogens with two attached hydrogens (primary N) is 2. The van der Waals surface area contributed by atoms with Gasteiger partial charge in [0.25, 0.3) is 0 Å². The molecule has 80 valence electrons. The maximum Gasteiger partial charge on any atom is 0.397 e. The van der Waals surface area contributed by atoms with Gasteiger partial charge >= 0.3 is 10.4 Å². The van der Waals surface area contributed by atoms with Crippen molar-refractivity contribution in [2.45, 2.75) is 13.0 Å². The molecule has 5 N–H and O–H groups in total. The fourth-order valence-electron chi connectivity index (χ4n) is 0.782. The molecule has 0 aromatic rings. The largest absolute Gasteiger partial charge is 0.397 e. The van der Waals surface area contributed by atoms with E-state index in [-0.39, 0.29) is 19.1 Å². The molecule has 0 rings (SSSR count). The van der Waals surface area contributed by atoms with Crippen LogP contribution in [0.15, 0.2) is 0 Å². The van der Waals surface area contributed by atoms with E-state index in [2.05, 4.69) is 9.02 Å². The molecule has 0 amide bonds. The van der Waals surface area contributed by atoms with Crippen LogP contribution in [0.2, 0.25) is 0 Å². The summed E-state index contributed by atoms with van der Waals surface area (Å²) in [4.78, 5) is 4.29. The minimum absolute atomic E-state index is 0.0513. The number of hydrogen-bond donors (Lipinski definition) is 3. The molecule has 0 aromatic heterocycles. The summed E-state index contributed by atoms with van der Waals surface area (Å²) in [5.41, 5.74) is 5.21. The highest BCUT2D eigenvalue weighted by Crippen LogP contribution is 2.08. The van der Waals surface area contributed by atoms with Crippen molar-refractivity contribution in [1.29, 1.82) is 0 Å². The van der Waals surface area contributed by atoms with E-state index in [9.17, 15) is 8.42 Å². The Labute approximate surface area is 76.9 Å². The van der Waals surface area contributed by atoms with Crippen LogP contribution in [0.25, 0.3) is 0 Å². The monoisotopic (exact) mass is 214 g/mol. The van der Waals surface area contributed by atoms with Crippen LogP contribution in [0, 0.1) is 5.92 Å². The van der Waals surface area contributed by atoms with Crippen molar-refractivity contribution < 1.29 is 22.0 Å². The third-order valence-electron chi connectivity index (χ3n) is 1.47. The SMILES string of the molecule is CC(CON)C(CN)OS(=O)(=O)O. The van der Waals surface area contributed by atoms with E-state index < -0.39 is 16.5 Å². The summed E-state index contributed by atoms with van der Waals surface area (Å²) in [6.45, 7) is 1.68. The average Bonchev–Trinajstić information content (AvgIpc) is 1.99. The molecular formula is C5H14N2O5S. The molecule has 0 bridgehead atoms. The van der Waals surface area contributed by atoms with Crippen LogP contribution < -0.4 is 11.6 Å². The van der Waals surface area contributed by atoms with Gasteiger partial charge in [0.15, 0.2) is 0 Å². The molecule has 0 fully saturated rings. The maximum atomic E-state index is 10.3. The Morgan fingerprint density at radius 3 is 2.38 bits per heavy atom. The van der Waals surface area contributed by atoms with Crippen molar-refractivity contribution in [1.82, 2.24) is 0 Å². The Bertz CT molecular complexity index is 229. The fraction of sp³-hybridized carbons (Fsp3) is 1.00. The lowest BCUT2D eigenvalue weighted by molar-refractivity contribution is 0.0487. The molecule has 0 aromatic carbocycles. The molecule has 0 aliphatic rings. The Balaban J connectivity index is 4.18. The Kier molecular flexibility index (Phi) is 5.37. The Morgan fingerprint density at radius 2 is 2.08 bits per heavy atom. The van der Waals surface area contributed by atoms with Gasteiger partial charge in [-0.15, -0.1) is 0 Å². The molecular weight excluding hydrogens is 200 g/mol. The molecule has 0 saturated heterocycles. The van der Waals surface area contributed by atoms with Crippen molar-refractivity contribution >= 4 is 10.4 Å². The van der Waals surface area contributed by atoms with Gasteiger partial charge in [-0.05, 0) is 0 Å². The summed E-state index contributed by atoms with van der Waals surface area (Å²) in [5.74, 6) is 4.46. The van der Waals surface area contributed by atoms with Crippen LogP contribution in [-0.2, 0) is 19.4 Å². The molecule has 2 atom stereocenters. The summed E-state index contributed by atoms with van der Waals surface area (Å²) < 4.78 is 33.3. The van der Waals surface area contributed by atoms with Crippen LogP contribution in [0.5, 0.6) is 0 Å². The molecule has 0 aliphatic carbocycles. The summed E-state index contributed by atoms with van der Waals surface area (Å²) in [6, 6.07) is 0. The van der Waals surface area contributed by atoms with E-state index in [0.29, 0.717) is 0 Å². The molecule has 0 spiro atoms. The zero-order valence-electron chi connectivity index (χ0n) is 7.21. The zero-order valence-corrected chi connectivity index (χ0v) is 8.03. The molecule has 7 nitrogen and oxygen atoms in total. The van der Waals surface area contributed by atoms with Crippen LogP contribution in [0.1, 0.15) is 6.92 Å². The number of hydrogen-bond acceptors (Lipinski definition) is 6. The average molecular weight is 214 g/mol. The Morgan fingerprint density at radius 1 is 1.54 bits per heavy atom. The summed E-state index contributed by atoms with van der Waals surface area (Å²) in [6.07, 6.45) is -0.835. The predicted octanol–water partition coefficient (Wildman–Crippen LogP) is -1.34. The summed E-state index contributed by atoms with van der Waals surface area (Å²) in [5, 5.41) is 0. The smallest absolute Gasteiger partial charge is 0.328 e. The minimum Gasteiger partial charge on any atom is -0.328 e. The van der Waals surface area contributed by atoms with E-state index in [1.165, 1.54) is 0 Å². The topological polar surface area (TPSA) is 125 Å². The number of rotatable bonds is 6. The third-order valence-corrected chi connectivity index (χ3v) is 1.96. The van der Waals surface area contributed by atoms with Crippen molar-refractivity contribution in [3.63, 3.8) is 0 Å². The highest BCUT2D eigenvalue weighted by atomic mass is 32.3. The molecule has 0 aliphatic heterocycles. The van der Waals surface area contributed by atoms with E-state index in [1.807, 2.05) is 0 Å². The molecule has 0 heterocycles. The minimum atomic E-state index is -4.48. The lowest BCUT2D eigenvalue weighted by atomic mass is 10.1. The van der Waals surface area contributed by atoms with Crippen molar-refractivity contribution in [3.8, 4) is 0 Å². The van der Waals surface area contributed by atoms with Gasteiger partial charge in [-0.2, -0.15) is 8.42 Å². The summed E-state index contributed by atoms with van der Waals surface area (Å²) >= 11 is 0. The van der Waals surface area contributed by atoms with Gasteiger partial charge in [-0.25, -0.2) is 10.1 Å².